The highest BCUT2D eigenvalue weighted by Gasteiger charge is 2.57. The molecule has 52 valence electrons. The number of hydrogen-bond donors (Lipinski definition) is 2. The van der Waals surface area contributed by atoms with E-state index in [2.05, 4.69) is 0 Å². The van der Waals surface area contributed by atoms with E-state index in [9.17, 15) is 0 Å². The number of nitrogens with two attached hydrogens (primary N) is 1. The Kier molecular flexibility index (Phi) is 0.837. The average Bonchev–Trinajstić information content (AvgIpc) is 2.20. The van der Waals surface area contributed by atoms with E-state index in [1.807, 2.05) is 0 Å². The molecular weight excluding hydrogens is 114 g/mol. The Labute approximate surface area is 55.1 Å². The lowest BCUT2D eigenvalue weighted by molar-refractivity contribution is 0.0407. The maximum absolute atomic E-state index is 8.92. The zero-order chi connectivity index (χ0) is 6.54. The van der Waals surface area contributed by atoms with Crippen LogP contribution in [0.5, 0.6) is 0 Å². The van der Waals surface area contributed by atoms with Crippen molar-refractivity contribution in [3.05, 3.63) is 0 Å². The molecule has 2 heteroatoms. The monoisotopic (exact) mass is 127 g/mol. The quantitative estimate of drug-likeness (QED) is 0.530. The smallest absolute Gasteiger partial charge is 0.0488 e. The Balaban J connectivity index is 2.12. The summed E-state index contributed by atoms with van der Waals surface area (Å²) >= 11 is 0. The summed E-state index contributed by atoms with van der Waals surface area (Å²) in [7, 11) is 0. The van der Waals surface area contributed by atoms with Gasteiger partial charge in [-0.05, 0) is 31.1 Å². The van der Waals surface area contributed by atoms with Crippen LogP contribution in [0.1, 0.15) is 25.7 Å². The van der Waals surface area contributed by atoms with Crippen molar-refractivity contribution in [2.24, 2.45) is 11.1 Å². The molecule has 3 rings (SSSR count). The summed E-state index contributed by atoms with van der Waals surface area (Å²) in [5, 5.41) is 8.92. The molecular formula is C7H13NO. The highest BCUT2D eigenvalue weighted by molar-refractivity contribution is 5.13. The molecule has 9 heavy (non-hydrogen) atoms. The van der Waals surface area contributed by atoms with Gasteiger partial charge in [0.2, 0.25) is 0 Å². The third-order valence-corrected chi connectivity index (χ3v) is 2.94. The van der Waals surface area contributed by atoms with Gasteiger partial charge < -0.3 is 10.8 Å². The first-order valence-electron chi connectivity index (χ1n) is 3.58. The summed E-state index contributed by atoms with van der Waals surface area (Å²) < 4.78 is 0. The number of hydrogen-bond acceptors (Lipinski definition) is 2. The summed E-state index contributed by atoms with van der Waals surface area (Å²) in [5.74, 6) is 0. The Morgan fingerprint density at radius 3 is 2.22 bits per heavy atom. The Morgan fingerprint density at radius 2 is 2.00 bits per heavy atom. The average molecular weight is 127 g/mol. The normalized spacial score (nSPS) is 55.3. The Morgan fingerprint density at radius 1 is 1.33 bits per heavy atom. The highest BCUT2D eigenvalue weighted by atomic mass is 16.3. The Hall–Kier alpha value is -0.0800. The highest BCUT2D eigenvalue weighted by Crippen LogP contribution is 2.59. The van der Waals surface area contributed by atoms with Crippen LogP contribution >= 0.6 is 0 Å². The van der Waals surface area contributed by atoms with Crippen molar-refractivity contribution >= 4 is 0 Å². The molecule has 0 aromatic carbocycles. The van der Waals surface area contributed by atoms with Gasteiger partial charge in [0.25, 0.3) is 0 Å². The van der Waals surface area contributed by atoms with Gasteiger partial charge in [0.15, 0.2) is 0 Å². The van der Waals surface area contributed by atoms with Gasteiger partial charge in [0, 0.05) is 12.1 Å². The van der Waals surface area contributed by atoms with E-state index in [0.29, 0.717) is 6.61 Å². The van der Waals surface area contributed by atoms with E-state index in [1.165, 1.54) is 0 Å². The molecule has 0 atom stereocenters. The van der Waals surface area contributed by atoms with Crippen LogP contribution in [0.15, 0.2) is 0 Å². The van der Waals surface area contributed by atoms with E-state index in [4.69, 9.17) is 10.8 Å². The molecule has 3 N–H and O–H groups in total. The second-order valence-corrected chi connectivity index (χ2v) is 3.87. The van der Waals surface area contributed by atoms with E-state index in [1.54, 1.807) is 0 Å². The van der Waals surface area contributed by atoms with Crippen molar-refractivity contribution in [2.45, 2.75) is 31.2 Å². The second-order valence-electron chi connectivity index (χ2n) is 3.87. The molecule has 0 spiro atoms. The van der Waals surface area contributed by atoms with Crippen LogP contribution in [0.4, 0.5) is 0 Å². The topological polar surface area (TPSA) is 46.2 Å². The third-order valence-electron chi connectivity index (χ3n) is 2.94. The summed E-state index contributed by atoms with van der Waals surface area (Å²) in [6.07, 6.45) is 4.42. The van der Waals surface area contributed by atoms with Crippen LogP contribution in [-0.2, 0) is 0 Å². The van der Waals surface area contributed by atoms with Crippen LogP contribution in [0.3, 0.4) is 0 Å². The number of aliphatic hydroxyl groups excluding tert-OH is 1. The molecule has 2 nitrogen and oxygen atoms in total. The van der Waals surface area contributed by atoms with E-state index in [0.717, 1.165) is 25.7 Å². The lowest BCUT2D eigenvalue weighted by Gasteiger charge is -2.43. The van der Waals surface area contributed by atoms with Crippen LogP contribution in [-0.4, -0.2) is 17.3 Å². The molecule has 3 saturated carbocycles. The van der Waals surface area contributed by atoms with Gasteiger partial charge in [-0.1, -0.05) is 0 Å². The van der Waals surface area contributed by atoms with Crippen molar-refractivity contribution in [1.82, 2.24) is 0 Å². The van der Waals surface area contributed by atoms with Crippen molar-refractivity contribution in [3.8, 4) is 0 Å². The van der Waals surface area contributed by atoms with Gasteiger partial charge in [-0.15, -0.1) is 0 Å². The molecule has 0 aliphatic heterocycles. The van der Waals surface area contributed by atoms with Crippen LogP contribution in [0.2, 0.25) is 0 Å². The minimum absolute atomic E-state index is 0.142. The zero-order valence-electron chi connectivity index (χ0n) is 5.56. The predicted octanol–water partition coefficient (Wildman–Crippen LogP) is 0.250. The summed E-state index contributed by atoms with van der Waals surface area (Å²) in [4.78, 5) is 0. The number of fused-ring (bicyclic) bond motifs is 1. The van der Waals surface area contributed by atoms with Gasteiger partial charge in [0.05, 0.1) is 0 Å². The standard InChI is InChI=1S/C7H13NO/c8-7-2-1-6(3-7,4-7)5-9/h9H,1-5,8H2. The van der Waals surface area contributed by atoms with E-state index < -0.39 is 0 Å². The molecule has 3 aliphatic rings. The van der Waals surface area contributed by atoms with Crippen LogP contribution in [0, 0.1) is 5.41 Å². The molecule has 3 aliphatic carbocycles. The van der Waals surface area contributed by atoms with Gasteiger partial charge >= 0.3 is 0 Å². The molecule has 3 fully saturated rings. The second kappa shape index (κ2) is 1.32. The SMILES string of the molecule is NC12CCC(CO)(C1)C2. The molecule has 0 saturated heterocycles. The fourth-order valence-corrected chi connectivity index (χ4v) is 2.50. The van der Waals surface area contributed by atoms with Gasteiger partial charge in [-0.25, -0.2) is 0 Å². The first-order valence-corrected chi connectivity index (χ1v) is 3.58. The molecule has 0 radical (unpaired) electrons. The van der Waals surface area contributed by atoms with Crippen molar-refractivity contribution < 1.29 is 5.11 Å². The first kappa shape index (κ1) is 5.69. The Bertz CT molecular complexity index is 138. The molecule has 0 heterocycles. The van der Waals surface area contributed by atoms with Crippen molar-refractivity contribution in [2.75, 3.05) is 6.61 Å². The maximum Gasteiger partial charge on any atom is 0.0488 e. The van der Waals surface area contributed by atoms with Gasteiger partial charge in [-0.2, -0.15) is 0 Å². The summed E-state index contributed by atoms with van der Waals surface area (Å²) in [6, 6.07) is 0. The fraction of sp³-hybridized carbons (Fsp3) is 1.00. The minimum atomic E-state index is 0.142. The van der Waals surface area contributed by atoms with Crippen LogP contribution < -0.4 is 5.73 Å². The molecule has 0 amide bonds. The molecule has 2 bridgehead atoms. The van der Waals surface area contributed by atoms with Crippen molar-refractivity contribution in [3.63, 3.8) is 0 Å². The maximum atomic E-state index is 8.92. The lowest BCUT2D eigenvalue weighted by Crippen LogP contribution is -2.51. The molecule has 0 unspecified atom stereocenters. The molecule has 0 aromatic heterocycles. The largest absolute Gasteiger partial charge is 0.396 e. The van der Waals surface area contributed by atoms with E-state index >= 15 is 0 Å². The summed E-state index contributed by atoms with van der Waals surface area (Å²) in [6.45, 7) is 0.353. The number of rotatable bonds is 1. The predicted molar refractivity (Wildman–Crippen MR) is 34.9 cm³/mol. The third kappa shape index (κ3) is 0.578. The van der Waals surface area contributed by atoms with E-state index in [-0.39, 0.29) is 11.0 Å². The lowest BCUT2D eigenvalue weighted by atomic mass is 9.66. The van der Waals surface area contributed by atoms with Crippen LogP contribution in [0.25, 0.3) is 0 Å². The minimum Gasteiger partial charge on any atom is -0.396 e. The summed E-state index contributed by atoms with van der Waals surface area (Å²) in [5.41, 5.74) is 6.31. The fourth-order valence-electron chi connectivity index (χ4n) is 2.50. The first-order chi connectivity index (χ1) is 4.18. The number of aliphatic hydroxyl groups is 1. The zero-order valence-corrected chi connectivity index (χ0v) is 5.56. The van der Waals surface area contributed by atoms with Gasteiger partial charge in [-0.3, -0.25) is 0 Å². The van der Waals surface area contributed by atoms with Crippen molar-refractivity contribution in [1.29, 1.82) is 0 Å². The molecule has 0 aromatic rings. The van der Waals surface area contributed by atoms with Gasteiger partial charge in [0.1, 0.15) is 0 Å².